The van der Waals surface area contributed by atoms with Crippen LogP contribution >= 0.6 is 0 Å². The SMILES string of the molecule is Cc1n[nH]c(C)c1S(=O)(=O)NC(C)c1ccc(N)cc1. The second-order valence-corrected chi connectivity index (χ2v) is 6.42. The van der Waals surface area contributed by atoms with E-state index in [2.05, 4.69) is 14.9 Å². The number of benzene rings is 1. The number of anilines is 1. The Kier molecular flexibility index (Phi) is 3.82. The first-order valence-electron chi connectivity index (χ1n) is 6.20. The van der Waals surface area contributed by atoms with Crippen LogP contribution in [0.15, 0.2) is 29.2 Å². The summed E-state index contributed by atoms with van der Waals surface area (Å²) in [5, 5.41) is 6.59. The molecule has 0 bridgehead atoms. The molecule has 1 atom stereocenters. The summed E-state index contributed by atoms with van der Waals surface area (Å²) in [6.07, 6.45) is 0. The van der Waals surface area contributed by atoms with Crippen LogP contribution in [-0.2, 0) is 10.0 Å². The number of sulfonamides is 1. The summed E-state index contributed by atoms with van der Waals surface area (Å²) in [5.74, 6) is 0. The third kappa shape index (κ3) is 2.83. The molecule has 0 spiro atoms. The predicted octanol–water partition coefficient (Wildman–Crippen LogP) is 1.65. The number of nitrogens with zero attached hydrogens (tertiary/aromatic N) is 1. The van der Waals surface area contributed by atoms with Crippen LogP contribution in [0, 0.1) is 13.8 Å². The van der Waals surface area contributed by atoms with E-state index in [1.165, 1.54) is 0 Å². The minimum absolute atomic E-state index is 0.208. The van der Waals surface area contributed by atoms with Crippen LogP contribution in [-0.4, -0.2) is 18.6 Å². The molecule has 7 heteroatoms. The van der Waals surface area contributed by atoms with E-state index in [9.17, 15) is 8.42 Å². The lowest BCUT2D eigenvalue weighted by atomic mass is 10.1. The van der Waals surface area contributed by atoms with Gasteiger partial charge in [-0.3, -0.25) is 5.10 Å². The molecule has 0 saturated carbocycles. The molecule has 0 amide bonds. The molecule has 20 heavy (non-hydrogen) atoms. The quantitative estimate of drug-likeness (QED) is 0.746. The van der Waals surface area contributed by atoms with E-state index in [-0.39, 0.29) is 10.9 Å². The Bertz CT molecular complexity index is 685. The molecule has 0 radical (unpaired) electrons. The van der Waals surface area contributed by atoms with Gasteiger partial charge in [-0.25, -0.2) is 13.1 Å². The third-order valence-electron chi connectivity index (χ3n) is 3.10. The maximum absolute atomic E-state index is 12.4. The van der Waals surface area contributed by atoms with Crippen LogP contribution in [0.4, 0.5) is 5.69 Å². The number of H-pyrrole nitrogens is 1. The summed E-state index contributed by atoms with van der Waals surface area (Å²) in [6, 6.07) is 6.74. The lowest BCUT2D eigenvalue weighted by Crippen LogP contribution is -2.27. The van der Waals surface area contributed by atoms with Gasteiger partial charge in [0.2, 0.25) is 10.0 Å². The van der Waals surface area contributed by atoms with Gasteiger partial charge >= 0.3 is 0 Å². The molecular formula is C13H18N4O2S. The fourth-order valence-corrected chi connectivity index (χ4v) is 3.68. The Morgan fingerprint density at radius 3 is 2.35 bits per heavy atom. The van der Waals surface area contributed by atoms with E-state index >= 15 is 0 Å². The van der Waals surface area contributed by atoms with Crippen LogP contribution in [0.25, 0.3) is 0 Å². The van der Waals surface area contributed by atoms with Crippen LogP contribution in [0.2, 0.25) is 0 Å². The molecule has 0 aliphatic heterocycles. The van der Waals surface area contributed by atoms with Gasteiger partial charge in [-0.05, 0) is 38.5 Å². The summed E-state index contributed by atoms with van der Waals surface area (Å²) >= 11 is 0. The molecule has 1 heterocycles. The zero-order valence-corrected chi connectivity index (χ0v) is 12.5. The predicted molar refractivity (Wildman–Crippen MR) is 77.7 cm³/mol. The van der Waals surface area contributed by atoms with Crippen molar-refractivity contribution in [3.8, 4) is 0 Å². The maximum Gasteiger partial charge on any atom is 0.244 e. The van der Waals surface area contributed by atoms with E-state index < -0.39 is 10.0 Å². The van der Waals surface area contributed by atoms with Gasteiger partial charge in [0, 0.05) is 11.7 Å². The molecule has 2 aromatic rings. The Labute approximate surface area is 118 Å². The van der Waals surface area contributed by atoms with E-state index in [1.807, 2.05) is 0 Å². The minimum Gasteiger partial charge on any atom is -0.399 e. The summed E-state index contributed by atoms with van der Waals surface area (Å²) in [6.45, 7) is 5.13. The Balaban J connectivity index is 2.27. The van der Waals surface area contributed by atoms with E-state index in [4.69, 9.17) is 5.73 Å². The molecule has 4 N–H and O–H groups in total. The van der Waals surface area contributed by atoms with Gasteiger partial charge in [-0.1, -0.05) is 12.1 Å². The molecule has 2 rings (SSSR count). The van der Waals surface area contributed by atoms with Gasteiger partial charge < -0.3 is 5.73 Å². The fraction of sp³-hybridized carbons (Fsp3) is 0.308. The van der Waals surface area contributed by atoms with Gasteiger partial charge in [0.25, 0.3) is 0 Å². The zero-order chi connectivity index (χ0) is 14.9. The number of aromatic amines is 1. The number of hydrogen-bond acceptors (Lipinski definition) is 4. The first-order valence-corrected chi connectivity index (χ1v) is 7.69. The van der Waals surface area contributed by atoms with Crippen LogP contribution in [0.5, 0.6) is 0 Å². The van der Waals surface area contributed by atoms with E-state index in [1.54, 1.807) is 45.0 Å². The molecular weight excluding hydrogens is 276 g/mol. The molecule has 1 aromatic carbocycles. The van der Waals surface area contributed by atoms with Gasteiger partial charge in [0.05, 0.1) is 11.4 Å². The number of aryl methyl sites for hydroxylation is 2. The van der Waals surface area contributed by atoms with Crippen molar-refractivity contribution in [2.75, 3.05) is 5.73 Å². The van der Waals surface area contributed by atoms with Crippen LogP contribution < -0.4 is 10.5 Å². The summed E-state index contributed by atoms with van der Waals surface area (Å²) in [4.78, 5) is 0.208. The van der Waals surface area contributed by atoms with Gasteiger partial charge in [0.1, 0.15) is 4.90 Å². The molecule has 1 unspecified atom stereocenters. The highest BCUT2D eigenvalue weighted by molar-refractivity contribution is 7.89. The molecule has 0 saturated heterocycles. The molecule has 0 fully saturated rings. The van der Waals surface area contributed by atoms with Gasteiger partial charge in [-0.15, -0.1) is 0 Å². The third-order valence-corrected chi connectivity index (χ3v) is 4.90. The Morgan fingerprint density at radius 1 is 1.25 bits per heavy atom. The number of nitrogens with two attached hydrogens (primary N) is 1. The molecule has 6 nitrogen and oxygen atoms in total. The number of nitrogen functional groups attached to an aromatic ring is 1. The maximum atomic E-state index is 12.4. The van der Waals surface area contributed by atoms with Crippen molar-refractivity contribution in [3.05, 3.63) is 41.2 Å². The lowest BCUT2D eigenvalue weighted by Gasteiger charge is -2.15. The Morgan fingerprint density at radius 2 is 1.85 bits per heavy atom. The summed E-state index contributed by atoms with van der Waals surface area (Å²) in [5.41, 5.74) is 8.10. The highest BCUT2D eigenvalue weighted by Crippen LogP contribution is 2.21. The average molecular weight is 294 g/mol. The van der Waals surface area contributed by atoms with Crippen molar-refractivity contribution in [2.24, 2.45) is 0 Å². The van der Waals surface area contributed by atoms with Crippen molar-refractivity contribution >= 4 is 15.7 Å². The first-order chi connectivity index (χ1) is 9.31. The van der Waals surface area contributed by atoms with Crippen molar-refractivity contribution in [1.29, 1.82) is 0 Å². The number of nitrogens with one attached hydrogen (secondary N) is 2. The zero-order valence-electron chi connectivity index (χ0n) is 11.6. The highest BCUT2D eigenvalue weighted by Gasteiger charge is 2.24. The van der Waals surface area contributed by atoms with Crippen molar-refractivity contribution in [3.63, 3.8) is 0 Å². The van der Waals surface area contributed by atoms with Crippen molar-refractivity contribution < 1.29 is 8.42 Å². The van der Waals surface area contributed by atoms with Crippen LogP contribution in [0.3, 0.4) is 0 Å². The monoisotopic (exact) mass is 294 g/mol. The number of rotatable bonds is 4. The van der Waals surface area contributed by atoms with E-state index in [0.717, 1.165) is 5.56 Å². The largest absolute Gasteiger partial charge is 0.399 e. The van der Waals surface area contributed by atoms with Gasteiger partial charge in [-0.2, -0.15) is 5.10 Å². The summed E-state index contributed by atoms with van der Waals surface area (Å²) in [7, 11) is -3.61. The van der Waals surface area contributed by atoms with Crippen molar-refractivity contribution in [2.45, 2.75) is 31.7 Å². The molecule has 108 valence electrons. The summed E-state index contributed by atoms with van der Waals surface area (Å²) < 4.78 is 27.4. The number of hydrogen-bond donors (Lipinski definition) is 3. The van der Waals surface area contributed by atoms with E-state index in [0.29, 0.717) is 17.1 Å². The van der Waals surface area contributed by atoms with Crippen LogP contribution in [0.1, 0.15) is 29.9 Å². The first kappa shape index (κ1) is 14.5. The standard InChI is InChI=1S/C13H18N4O2S/c1-8(11-4-6-12(14)7-5-11)17-20(18,19)13-9(2)15-16-10(13)3/h4-8,17H,14H2,1-3H3,(H,15,16). The minimum atomic E-state index is -3.61. The molecule has 1 aromatic heterocycles. The molecule has 0 aliphatic carbocycles. The second-order valence-electron chi connectivity index (χ2n) is 4.77. The fourth-order valence-electron chi connectivity index (χ4n) is 2.08. The molecule has 0 aliphatic rings. The Hall–Kier alpha value is -1.86. The lowest BCUT2D eigenvalue weighted by molar-refractivity contribution is 0.566. The second kappa shape index (κ2) is 5.26. The highest BCUT2D eigenvalue weighted by atomic mass is 32.2. The smallest absolute Gasteiger partial charge is 0.244 e. The number of aromatic nitrogens is 2. The topological polar surface area (TPSA) is 101 Å². The normalized spacial score (nSPS) is 13.3. The van der Waals surface area contributed by atoms with Crippen molar-refractivity contribution in [1.82, 2.24) is 14.9 Å². The average Bonchev–Trinajstić information content (AvgIpc) is 2.69. The van der Waals surface area contributed by atoms with Gasteiger partial charge in [0.15, 0.2) is 0 Å².